The lowest BCUT2D eigenvalue weighted by molar-refractivity contribution is 0.453. The molecule has 1 aliphatic carbocycles. The number of nitrogens with zero attached hydrogens (tertiary/aromatic N) is 4. The summed E-state index contributed by atoms with van der Waals surface area (Å²) in [5.41, 5.74) is 6.08. The van der Waals surface area contributed by atoms with Gasteiger partial charge in [0.1, 0.15) is 16.7 Å². The zero-order valence-corrected chi connectivity index (χ0v) is 18.3. The molecule has 3 heterocycles. The number of pyridine rings is 1. The standard InChI is InChI=1S/C21H22Cl2N4.ClH/c1-3-15-11-27-21-18(26(15)10-13-4-5-13)8-12(2)24-20(21)19(25-27)16-7-6-14(22)9-17(16)23;/h6-9,13,15H,3-5,10-11H2,1-2H3;1H. The van der Waals surface area contributed by atoms with Crippen molar-refractivity contribution >= 4 is 52.3 Å². The van der Waals surface area contributed by atoms with Crippen LogP contribution in [0.3, 0.4) is 0 Å². The van der Waals surface area contributed by atoms with Gasteiger partial charge in [-0.3, -0.25) is 4.68 Å². The fourth-order valence-corrected chi connectivity index (χ4v) is 4.67. The Morgan fingerprint density at radius 1 is 1.18 bits per heavy atom. The van der Waals surface area contributed by atoms with Gasteiger partial charge in [0.2, 0.25) is 0 Å². The molecule has 1 atom stereocenters. The van der Waals surface area contributed by atoms with Gasteiger partial charge in [-0.05, 0) is 56.4 Å². The maximum absolute atomic E-state index is 6.50. The quantitative estimate of drug-likeness (QED) is 0.491. The maximum Gasteiger partial charge on any atom is 0.120 e. The largest absolute Gasteiger partial charge is 0.365 e. The highest BCUT2D eigenvalue weighted by Gasteiger charge is 2.34. The summed E-state index contributed by atoms with van der Waals surface area (Å²) < 4.78 is 2.13. The maximum atomic E-state index is 6.50. The molecule has 0 radical (unpaired) electrons. The van der Waals surface area contributed by atoms with E-state index in [1.54, 1.807) is 6.07 Å². The summed E-state index contributed by atoms with van der Waals surface area (Å²) in [5, 5.41) is 6.19. The molecule has 4 nitrogen and oxygen atoms in total. The SMILES string of the molecule is CCC1Cn2nc(-c3ccc(Cl)cc3Cl)c3nc(C)cc(c32)N1CC1CC1.Cl. The Morgan fingerprint density at radius 2 is 1.96 bits per heavy atom. The zero-order valence-electron chi connectivity index (χ0n) is 16.0. The van der Waals surface area contributed by atoms with Gasteiger partial charge in [-0.15, -0.1) is 12.4 Å². The van der Waals surface area contributed by atoms with Crippen LogP contribution in [0.1, 0.15) is 31.9 Å². The molecule has 2 aromatic heterocycles. The van der Waals surface area contributed by atoms with Gasteiger partial charge in [0, 0.05) is 28.9 Å². The average molecular weight is 438 g/mol. The van der Waals surface area contributed by atoms with Crippen LogP contribution in [0.2, 0.25) is 10.0 Å². The summed E-state index contributed by atoms with van der Waals surface area (Å²) in [7, 11) is 0. The van der Waals surface area contributed by atoms with E-state index in [2.05, 4.69) is 29.5 Å². The molecule has 2 aliphatic rings. The number of halogens is 3. The van der Waals surface area contributed by atoms with Crippen LogP contribution in [0.4, 0.5) is 5.69 Å². The molecule has 0 N–H and O–H groups in total. The number of aromatic nitrogens is 3. The van der Waals surface area contributed by atoms with Gasteiger partial charge in [0.15, 0.2) is 0 Å². The summed E-state index contributed by atoms with van der Waals surface area (Å²) in [6.07, 6.45) is 3.81. The van der Waals surface area contributed by atoms with E-state index in [-0.39, 0.29) is 12.4 Å². The van der Waals surface area contributed by atoms with Crippen molar-refractivity contribution in [1.82, 2.24) is 14.8 Å². The number of hydrogen-bond donors (Lipinski definition) is 0. The minimum Gasteiger partial charge on any atom is -0.365 e. The third kappa shape index (κ3) is 3.26. The van der Waals surface area contributed by atoms with E-state index in [9.17, 15) is 0 Å². The van der Waals surface area contributed by atoms with E-state index in [0.717, 1.165) is 53.4 Å². The minimum atomic E-state index is 0. The summed E-state index contributed by atoms with van der Waals surface area (Å²) >= 11 is 12.6. The predicted octanol–water partition coefficient (Wildman–Crippen LogP) is 6.14. The second-order valence-electron chi connectivity index (χ2n) is 7.79. The molecule has 0 amide bonds. The molecule has 0 saturated heterocycles. The first-order chi connectivity index (χ1) is 13.0. The van der Waals surface area contributed by atoms with E-state index in [1.807, 2.05) is 12.1 Å². The van der Waals surface area contributed by atoms with Crippen LogP contribution >= 0.6 is 35.6 Å². The Balaban J connectivity index is 0.00000192. The molecule has 1 saturated carbocycles. The lowest BCUT2D eigenvalue weighted by Gasteiger charge is -2.37. The van der Waals surface area contributed by atoms with Crippen molar-refractivity contribution in [3.05, 3.63) is 40.0 Å². The van der Waals surface area contributed by atoms with Crippen molar-refractivity contribution in [2.45, 2.75) is 45.7 Å². The van der Waals surface area contributed by atoms with E-state index in [0.29, 0.717) is 16.1 Å². The summed E-state index contributed by atoms with van der Waals surface area (Å²) in [6, 6.07) is 8.26. The van der Waals surface area contributed by atoms with Crippen LogP contribution < -0.4 is 4.90 Å². The van der Waals surface area contributed by atoms with Crippen LogP contribution in [0.25, 0.3) is 22.3 Å². The third-order valence-electron chi connectivity index (χ3n) is 5.75. The van der Waals surface area contributed by atoms with Crippen LogP contribution in [-0.2, 0) is 6.54 Å². The van der Waals surface area contributed by atoms with Crippen LogP contribution in [-0.4, -0.2) is 27.4 Å². The van der Waals surface area contributed by atoms with E-state index >= 15 is 0 Å². The molecule has 1 fully saturated rings. The average Bonchev–Trinajstić information content (AvgIpc) is 3.38. The van der Waals surface area contributed by atoms with Crippen LogP contribution in [0.15, 0.2) is 24.3 Å². The molecule has 7 heteroatoms. The molecule has 148 valence electrons. The molecule has 0 spiro atoms. The van der Waals surface area contributed by atoms with Crippen molar-refractivity contribution in [3.63, 3.8) is 0 Å². The summed E-state index contributed by atoms with van der Waals surface area (Å²) in [4.78, 5) is 7.46. The van der Waals surface area contributed by atoms with Crippen molar-refractivity contribution in [2.75, 3.05) is 11.4 Å². The molecule has 0 bridgehead atoms. The van der Waals surface area contributed by atoms with E-state index < -0.39 is 0 Å². The Labute approximate surface area is 181 Å². The van der Waals surface area contributed by atoms with Crippen LogP contribution in [0.5, 0.6) is 0 Å². The van der Waals surface area contributed by atoms with Gasteiger partial charge in [-0.2, -0.15) is 5.10 Å². The molecular weight excluding hydrogens is 415 g/mol. The Kier molecular flexibility index (Phi) is 5.24. The van der Waals surface area contributed by atoms with Gasteiger partial charge >= 0.3 is 0 Å². The predicted molar refractivity (Wildman–Crippen MR) is 119 cm³/mol. The van der Waals surface area contributed by atoms with Crippen LogP contribution in [0, 0.1) is 12.8 Å². The highest BCUT2D eigenvalue weighted by atomic mass is 35.5. The number of benzene rings is 1. The fraction of sp³-hybridized carbons (Fsp3) is 0.429. The fourth-order valence-electron chi connectivity index (χ4n) is 4.17. The van der Waals surface area contributed by atoms with Gasteiger partial charge in [0.05, 0.1) is 17.3 Å². The summed E-state index contributed by atoms with van der Waals surface area (Å²) in [5.74, 6) is 0.835. The smallest absolute Gasteiger partial charge is 0.120 e. The minimum absolute atomic E-state index is 0. The van der Waals surface area contributed by atoms with Gasteiger partial charge in [-0.25, -0.2) is 4.98 Å². The highest BCUT2D eigenvalue weighted by Crippen LogP contribution is 2.42. The van der Waals surface area contributed by atoms with E-state index in [1.165, 1.54) is 18.5 Å². The monoisotopic (exact) mass is 436 g/mol. The normalized spacial score (nSPS) is 18.4. The molecule has 1 aliphatic heterocycles. The number of anilines is 1. The van der Waals surface area contributed by atoms with Crippen molar-refractivity contribution in [2.24, 2.45) is 5.92 Å². The molecule has 28 heavy (non-hydrogen) atoms. The second-order valence-corrected chi connectivity index (χ2v) is 8.64. The van der Waals surface area contributed by atoms with Crippen molar-refractivity contribution in [3.8, 4) is 11.3 Å². The van der Waals surface area contributed by atoms with E-state index in [4.69, 9.17) is 33.3 Å². The molecule has 1 aromatic carbocycles. The molecule has 5 rings (SSSR count). The number of aryl methyl sites for hydroxylation is 1. The molecule has 3 aromatic rings. The lowest BCUT2D eigenvalue weighted by Crippen LogP contribution is -2.42. The van der Waals surface area contributed by atoms with Crippen molar-refractivity contribution in [1.29, 1.82) is 0 Å². The summed E-state index contributed by atoms with van der Waals surface area (Å²) in [6.45, 7) is 6.36. The zero-order chi connectivity index (χ0) is 18.7. The molecule has 1 unspecified atom stereocenters. The third-order valence-corrected chi connectivity index (χ3v) is 6.29. The first kappa shape index (κ1) is 19.8. The Morgan fingerprint density at radius 3 is 2.64 bits per heavy atom. The second kappa shape index (κ2) is 7.40. The Hall–Kier alpha value is -1.49. The topological polar surface area (TPSA) is 34.0 Å². The first-order valence-electron chi connectivity index (χ1n) is 9.65. The molecular formula is C21H23Cl3N4. The van der Waals surface area contributed by atoms with Crippen molar-refractivity contribution < 1.29 is 0 Å². The highest BCUT2D eigenvalue weighted by molar-refractivity contribution is 6.36. The van der Waals surface area contributed by atoms with Gasteiger partial charge in [0.25, 0.3) is 0 Å². The number of hydrogen-bond acceptors (Lipinski definition) is 3. The van der Waals surface area contributed by atoms with Gasteiger partial charge in [-0.1, -0.05) is 30.1 Å². The first-order valence-corrected chi connectivity index (χ1v) is 10.4. The lowest BCUT2D eigenvalue weighted by atomic mass is 10.1. The Bertz CT molecular complexity index is 1040. The van der Waals surface area contributed by atoms with Gasteiger partial charge < -0.3 is 4.90 Å². The number of rotatable bonds is 4.